The number of allylic oxidation sites excluding steroid dienone is 1. The number of aryl methyl sites for hydroxylation is 1. The maximum absolute atomic E-state index is 4.38. The van der Waals surface area contributed by atoms with Crippen LogP contribution in [0.15, 0.2) is 24.8 Å². The summed E-state index contributed by atoms with van der Waals surface area (Å²) in [5.74, 6) is 0. The van der Waals surface area contributed by atoms with Gasteiger partial charge in [-0.15, -0.1) is 0 Å². The van der Waals surface area contributed by atoms with E-state index in [-0.39, 0.29) is 0 Å². The molecule has 1 heterocycles. The average Bonchev–Trinajstić information content (AvgIpc) is 2.22. The minimum atomic E-state index is 0.993. The summed E-state index contributed by atoms with van der Waals surface area (Å²) in [6.07, 6.45) is 5.72. The molecule has 1 heteroatoms. The lowest BCUT2D eigenvalue weighted by Crippen LogP contribution is -2.27. The second kappa shape index (κ2) is 7.07. The minimum Gasteiger partial charge on any atom is -0.253 e. The minimum absolute atomic E-state index is 0.993. The second-order valence-electron chi connectivity index (χ2n) is 2.62. The van der Waals surface area contributed by atoms with E-state index in [0.29, 0.717) is 0 Å². The van der Waals surface area contributed by atoms with E-state index in [4.69, 9.17) is 0 Å². The van der Waals surface area contributed by atoms with Crippen LogP contribution in [0.2, 0.25) is 0 Å². The molecular weight excluding hydrogens is 170 g/mol. The molecule has 0 radical (unpaired) electrons. The highest BCUT2D eigenvalue weighted by Gasteiger charge is 1.85. The predicted molar refractivity (Wildman–Crippen MR) is 64.4 cm³/mol. The van der Waals surface area contributed by atoms with Crippen molar-refractivity contribution in [3.63, 3.8) is 0 Å². The Balaban J connectivity index is 0.000000791. The molecule has 0 N–H and O–H groups in total. The number of hydrogen-bond donors (Lipinski definition) is 0. The smallest absolute Gasteiger partial charge is 0.0701 e. The van der Waals surface area contributed by atoms with Crippen molar-refractivity contribution in [2.45, 2.75) is 27.7 Å². The van der Waals surface area contributed by atoms with Gasteiger partial charge in [0.25, 0.3) is 0 Å². The van der Waals surface area contributed by atoms with Crippen LogP contribution in [-0.2, 0) is 0 Å². The fourth-order valence-electron chi connectivity index (χ4n) is 1.08. The van der Waals surface area contributed by atoms with Gasteiger partial charge in [-0.05, 0) is 31.2 Å². The molecule has 0 bridgehead atoms. The van der Waals surface area contributed by atoms with Crippen LogP contribution in [0.1, 0.15) is 26.5 Å². The van der Waals surface area contributed by atoms with Gasteiger partial charge in [0.05, 0.1) is 5.35 Å². The molecule has 0 fully saturated rings. The van der Waals surface area contributed by atoms with Crippen molar-refractivity contribution in [1.82, 2.24) is 4.98 Å². The molecule has 0 aliphatic carbocycles. The molecule has 0 aromatic carbocycles. The van der Waals surface area contributed by atoms with Crippen LogP contribution >= 0.6 is 0 Å². The fraction of sp³-hybridized carbons (Fsp3) is 0.308. The molecule has 1 rings (SSSR count). The number of aromatic nitrogens is 1. The van der Waals surface area contributed by atoms with Gasteiger partial charge >= 0.3 is 0 Å². The van der Waals surface area contributed by atoms with Crippen molar-refractivity contribution in [3.8, 4) is 0 Å². The zero-order valence-corrected chi connectivity index (χ0v) is 9.54. The first-order valence-corrected chi connectivity index (χ1v) is 5.00. The summed E-state index contributed by atoms with van der Waals surface area (Å²) in [5, 5.41) is 2.15. The van der Waals surface area contributed by atoms with Crippen molar-refractivity contribution in [3.05, 3.63) is 41.0 Å². The molecule has 0 aliphatic rings. The second-order valence-corrected chi connectivity index (χ2v) is 2.62. The van der Waals surface area contributed by atoms with E-state index in [0.717, 1.165) is 16.3 Å². The topological polar surface area (TPSA) is 12.9 Å². The van der Waals surface area contributed by atoms with Crippen LogP contribution in [0.4, 0.5) is 0 Å². The molecular formula is C13H19N. The monoisotopic (exact) mass is 189 g/mol. The first-order valence-electron chi connectivity index (χ1n) is 5.00. The standard InChI is InChI=1S/C11H13N.C2H6/c1-4-6-11-10(5-2)8-7-9(3)12-11;1-2/h4-8H,1H2,2-3H3;1-2H3/b10-5-,11-6+;. The largest absolute Gasteiger partial charge is 0.253 e. The summed E-state index contributed by atoms with van der Waals surface area (Å²) in [5.41, 5.74) is 1.04. The lowest BCUT2D eigenvalue weighted by atomic mass is 10.3. The lowest BCUT2D eigenvalue weighted by Gasteiger charge is -1.91. The van der Waals surface area contributed by atoms with Crippen molar-refractivity contribution < 1.29 is 0 Å². The van der Waals surface area contributed by atoms with Gasteiger partial charge < -0.3 is 0 Å². The molecule has 1 aromatic rings. The van der Waals surface area contributed by atoms with Gasteiger partial charge in [-0.3, -0.25) is 4.98 Å². The van der Waals surface area contributed by atoms with Crippen LogP contribution in [0.3, 0.4) is 0 Å². The van der Waals surface area contributed by atoms with E-state index in [1.54, 1.807) is 6.08 Å². The van der Waals surface area contributed by atoms with E-state index in [2.05, 4.69) is 17.6 Å². The summed E-state index contributed by atoms with van der Waals surface area (Å²) < 4.78 is 0. The Morgan fingerprint density at radius 1 is 1.29 bits per heavy atom. The van der Waals surface area contributed by atoms with Gasteiger partial charge in [-0.1, -0.05) is 38.6 Å². The summed E-state index contributed by atoms with van der Waals surface area (Å²) in [4.78, 5) is 4.38. The molecule has 76 valence electrons. The summed E-state index contributed by atoms with van der Waals surface area (Å²) in [6.45, 7) is 11.6. The first-order chi connectivity index (χ1) is 6.77. The Hall–Kier alpha value is -1.37. The third kappa shape index (κ3) is 3.56. The quantitative estimate of drug-likeness (QED) is 0.660. The van der Waals surface area contributed by atoms with E-state index >= 15 is 0 Å². The molecule has 0 saturated heterocycles. The fourth-order valence-corrected chi connectivity index (χ4v) is 1.08. The van der Waals surface area contributed by atoms with Gasteiger partial charge in [0.1, 0.15) is 0 Å². The van der Waals surface area contributed by atoms with Crippen molar-refractivity contribution in [2.75, 3.05) is 0 Å². The van der Waals surface area contributed by atoms with E-state index < -0.39 is 0 Å². The Bertz CT molecular complexity index is 388. The van der Waals surface area contributed by atoms with Crippen molar-refractivity contribution in [2.24, 2.45) is 0 Å². The van der Waals surface area contributed by atoms with Gasteiger partial charge in [0.15, 0.2) is 0 Å². The maximum atomic E-state index is 4.38. The van der Waals surface area contributed by atoms with Crippen molar-refractivity contribution in [1.29, 1.82) is 0 Å². The SMILES string of the molecule is C=C/C=c1/nc(C)cc/c1=C/C.CC. The Kier molecular flexibility index (Phi) is 6.38. The van der Waals surface area contributed by atoms with Crippen LogP contribution < -0.4 is 10.6 Å². The van der Waals surface area contributed by atoms with Gasteiger partial charge in [0.2, 0.25) is 0 Å². The molecule has 0 saturated carbocycles. The van der Waals surface area contributed by atoms with E-state index in [1.165, 1.54) is 0 Å². The normalized spacial score (nSPS) is 12.0. The highest BCUT2D eigenvalue weighted by molar-refractivity contribution is 5.35. The highest BCUT2D eigenvalue weighted by Crippen LogP contribution is 1.80. The van der Waals surface area contributed by atoms with Gasteiger partial charge in [-0.2, -0.15) is 0 Å². The van der Waals surface area contributed by atoms with Crippen LogP contribution in [0.5, 0.6) is 0 Å². The van der Waals surface area contributed by atoms with Crippen LogP contribution in [-0.4, -0.2) is 4.98 Å². The molecule has 0 amide bonds. The maximum Gasteiger partial charge on any atom is 0.0701 e. The van der Waals surface area contributed by atoms with Crippen LogP contribution in [0.25, 0.3) is 12.2 Å². The Labute approximate surface area is 86.5 Å². The zero-order chi connectivity index (χ0) is 11.0. The summed E-state index contributed by atoms with van der Waals surface area (Å²) >= 11 is 0. The Morgan fingerprint density at radius 3 is 2.43 bits per heavy atom. The third-order valence-electron chi connectivity index (χ3n) is 1.68. The molecule has 0 spiro atoms. The average molecular weight is 189 g/mol. The van der Waals surface area contributed by atoms with Crippen molar-refractivity contribution >= 4 is 12.2 Å². The number of nitrogens with zero attached hydrogens (tertiary/aromatic N) is 1. The molecule has 0 atom stereocenters. The third-order valence-corrected chi connectivity index (χ3v) is 1.68. The number of rotatable bonds is 1. The molecule has 14 heavy (non-hydrogen) atoms. The van der Waals surface area contributed by atoms with Gasteiger partial charge in [0, 0.05) is 5.69 Å². The van der Waals surface area contributed by atoms with Crippen LogP contribution in [0, 0.1) is 6.92 Å². The zero-order valence-electron chi connectivity index (χ0n) is 9.54. The summed E-state index contributed by atoms with van der Waals surface area (Å²) in [7, 11) is 0. The molecule has 0 unspecified atom stereocenters. The lowest BCUT2D eigenvalue weighted by molar-refractivity contribution is 1.13. The number of pyridine rings is 1. The summed E-state index contributed by atoms with van der Waals surface area (Å²) in [6, 6.07) is 4.08. The highest BCUT2D eigenvalue weighted by atomic mass is 14.7. The predicted octanol–water partition coefficient (Wildman–Crippen LogP) is 2.18. The molecule has 1 nitrogen and oxygen atoms in total. The first kappa shape index (κ1) is 12.6. The van der Waals surface area contributed by atoms with E-state index in [9.17, 15) is 0 Å². The Morgan fingerprint density at radius 2 is 1.93 bits per heavy atom. The number of hydrogen-bond acceptors (Lipinski definition) is 1. The van der Waals surface area contributed by atoms with E-state index in [1.807, 2.05) is 45.9 Å². The molecule has 0 aliphatic heterocycles. The molecule has 1 aromatic heterocycles. The van der Waals surface area contributed by atoms with Gasteiger partial charge in [-0.25, -0.2) is 0 Å².